The fourth-order valence-corrected chi connectivity index (χ4v) is 6.15. The number of rotatable bonds is 3. The van der Waals surface area contributed by atoms with Crippen molar-refractivity contribution in [1.29, 1.82) is 0 Å². The molecule has 0 saturated heterocycles. The molecular formula is C32H27NS. The molecule has 0 aliphatic carbocycles. The van der Waals surface area contributed by atoms with Gasteiger partial charge < -0.3 is 0 Å². The number of hydrogen-bond acceptors (Lipinski definition) is 2. The third kappa shape index (κ3) is 3.73. The Labute approximate surface area is 205 Å². The maximum atomic E-state index is 5.11. The molecule has 1 aliphatic heterocycles. The van der Waals surface area contributed by atoms with Crippen molar-refractivity contribution in [3.05, 3.63) is 102 Å². The van der Waals surface area contributed by atoms with E-state index in [1.807, 2.05) is 11.8 Å². The smallest absolute Gasteiger partial charge is 0.0712 e. The van der Waals surface area contributed by atoms with Crippen LogP contribution in [0.2, 0.25) is 0 Å². The van der Waals surface area contributed by atoms with Crippen molar-refractivity contribution in [2.75, 3.05) is 0 Å². The van der Waals surface area contributed by atoms with Crippen LogP contribution in [-0.2, 0) is 6.42 Å². The van der Waals surface area contributed by atoms with E-state index in [1.165, 1.54) is 54.1 Å². The molecule has 1 aliphatic rings. The van der Waals surface area contributed by atoms with Gasteiger partial charge >= 0.3 is 0 Å². The molecule has 0 atom stereocenters. The zero-order valence-electron chi connectivity index (χ0n) is 19.8. The number of fused-ring (bicyclic) bond motifs is 6. The molecule has 2 heterocycles. The summed E-state index contributed by atoms with van der Waals surface area (Å²) in [4.78, 5) is 7.69. The van der Waals surface area contributed by atoms with E-state index in [9.17, 15) is 0 Å². The van der Waals surface area contributed by atoms with Gasteiger partial charge in [-0.3, -0.25) is 0 Å². The van der Waals surface area contributed by atoms with Crippen LogP contribution in [0.3, 0.4) is 0 Å². The van der Waals surface area contributed by atoms with Crippen molar-refractivity contribution in [1.82, 2.24) is 4.98 Å². The second-order valence-electron chi connectivity index (χ2n) is 9.64. The number of aromatic nitrogens is 1. The van der Waals surface area contributed by atoms with Crippen molar-refractivity contribution < 1.29 is 0 Å². The molecular weight excluding hydrogens is 430 g/mol. The van der Waals surface area contributed by atoms with E-state index in [1.54, 1.807) is 0 Å². The fourth-order valence-electron chi connectivity index (χ4n) is 5.00. The second kappa shape index (κ2) is 8.45. The van der Waals surface area contributed by atoms with Gasteiger partial charge in [0.15, 0.2) is 0 Å². The lowest BCUT2D eigenvalue weighted by Crippen LogP contribution is -1.98. The van der Waals surface area contributed by atoms with E-state index in [-0.39, 0.29) is 0 Å². The molecule has 0 saturated carbocycles. The molecule has 1 nitrogen and oxygen atoms in total. The van der Waals surface area contributed by atoms with Crippen LogP contribution in [0.5, 0.6) is 0 Å². The molecule has 1 aromatic heterocycles. The van der Waals surface area contributed by atoms with Gasteiger partial charge in [-0.1, -0.05) is 91.8 Å². The Balaban J connectivity index is 1.54. The van der Waals surface area contributed by atoms with Crippen LogP contribution in [0.1, 0.15) is 25.0 Å². The van der Waals surface area contributed by atoms with E-state index >= 15 is 0 Å². The van der Waals surface area contributed by atoms with Gasteiger partial charge in [-0.2, -0.15) is 0 Å². The highest BCUT2D eigenvalue weighted by atomic mass is 32.2. The highest BCUT2D eigenvalue weighted by Crippen LogP contribution is 2.48. The second-order valence-corrected chi connectivity index (χ2v) is 10.7. The van der Waals surface area contributed by atoms with Crippen LogP contribution in [0, 0.1) is 12.8 Å². The predicted octanol–water partition coefficient (Wildman–Crippen LogP) is 9.21. The first kappa shape index (κ1) is 21.2. The first-order valence-electron chi connectivity index (χ1n) is 12.0. The molecule has 0 amide bonds. The summed E-state index contributed by atoms with van der Waals surface area (Å²) >= 11 is 1.86. The molecule has 5 aromatic rings. The SMILES string of the molecule is Cc1ccc2nc(-c3ccc4c(c3)Sc3ccccc3-c3ccccc3-4)cc(CC(C)C)c2c1. The minimum Gasteiger partial charge on any atom is -0.248 e. The number of aryl methyl sites for hydroxylation is 1. The van der Waals surface area contributed by atoms with E-state index < -0.39 is 0 Å². The average molecular weight is 458 g/mol. The van der Waals surface area contributed by atoms with Gasteiger partial charge in [-0.05, 0) is 77.4 Å². The van der Waals surface area contributed by atoms with Crippen molar-refractivity contribution in [3.8, 4) is 33.5 Å². The molecule has 2 heteroatoms. The lowest BCUT2D eigenvalue weighted by atomic mass is 9.93. The zero-order chi connectivity index (χ0) is 23.2. The van der Waals surface area contributed by atoms with E-state index in [4.69, 9.17) is 4.98 Å². The summed E-state index contributed by atoms with van der Waals surface area (Å²) in [5.41, 5.74) is 11.2. The summed E-state index contributed by atoms with van der Waals surface area (Å²) in [6, 6.07) is 33.3. The van der Waals surface area contributed by atoms with Crippen LogP contribution >= 0.6 is 11.8 Å². The van der Waals surface area contributed by atoms with Crippen LogP contribution in [0.4, 0.5) is 0 Å². The third-order valence-electron chi connectivity index (χ3n) is 6.57. The van der Waals surface area contributed by atoms with Gasteiger partial charge in [0.2, 0.25) is 0 Å². The molecule has 4 aromatic carbocycles. The molecule has 166 valence electrons. The van der Waals surface area contributed by atoms with Gasteiger partial charge in [0.1, 0.15) is 0 Å². The minimum absolute atomic E-state index is 0.592. The Morgan fingerprint density at radius 2 is 1.41 bits per heavy atom. The van der Waals surface area contributed by atoms with E-state index in [2.05, 4.69) is 112 Å². The summed E-state index contributed by atoms with van der Waals surface area (Å²) in [6.45, 7) is 6.73. The fraction of sp³-hybridized carbons (Fsp3) is 0.156. The summed E-state index contributed by atoms with van der Waals surface area (Å²) in [6.07, 6.45) is 1.05. The summed E-state index contributed by atoms with van der Waals surface area (Å²) in [7, 11) is 0. The van der Waals surface area contributed by atoms with Crippen LogP contribution in [0.15, 0.2) is 101 Å². The predicted molar refractivity (Wildman–Crippen MR) is 145 cm³/mol. The van der Waals surface area contributed by atoms with Gasteiger partial charge in [-0.25, -0.2) is 4.98 Å². The highest BCUT2D eigenvalue weighted by molar-refractivity contribution is 7.99. The van der Waals surface area contributed by atoms with Crippen molar-refractivity contribution in [2.24, 2.45) is 5.92 Å². The first-order valence-corrected chi connectivity index (χ1v) is 12.8. The normalized spacial score (nSPS) is 12.2. The molecule has 6 rings (SSSR count). The lowest BCUT2D eigenvalue weighted by Gasteiger charge is -2.14. The Bertz CT molecular complexity index is 1550. The molecule has 0 radical (unpaired) electrons. The van der Waals surface area contributed by atoms with E-state index in [0.717, 1.165) is 17.6 Å². The van der Waals surface area contributed by atoms with E-state index in [0.29, 0.717) is 5.92 Å². The topological polar surface area (TPSA) is 12.9 Å². The number of pyridine rings is 1. The van der Waals surface area contributed by atoms with Gasteiger partial charge in [0, 0.05) is 20.7 Å². The summed E-state index contributed by atoms with van der Waals surface area (Å²) in [5.74, 6) is 0.592. The quantitative estimate of drug-likeness (QED) is 0.263. The van der Waals surface area contributed by atoms with Gasteiger partial charge in [0.25, 0.3) is 0 Å². The Morgan fingerprint density at radius 3 is 2.18 bits per heavy atom. The number of benzene rings is 4. The summed E-state index contributed by atoms with van der Waals surface area (Å²) < 4.78 is 0. The third-order valence-corrected chi connectivity index (χ3v) is 7.70. The largest absolute Gasteiger partial charge is 0.248 e. The average Bonchev–Trinajstić information content (AvgIpc) is 2.98. The zero-order valence-corrected chi connectivity index (χ0v) is 20.6. The lowest BCUT2D eigenvalue weighted by molar-refractivity contribution is 0.650. The van der Waals surface area contributed by atoms with Crippen molar-refractivity contribution in [3.63, 3.8) is 0 Å². The number of nitrogens with zero attached hydrogens (tertiary/aromatic N) is 1. The molecule has 0 N–H and O–H groups in total. The van der Waals surface area contributed by atoms with Crippen LogP contribution in [-0.4, -0.2) is 4.98 Å². The van der Waals surface area contributed by atoms with Crippen molar-refractivity contribution in [2.45, 2.75) is 37.0 Å². The van der Waals surface area contributed by atoms with Crippen LogP contribution in [0.25, 0.3) is 44.4 Å². The highest BCUT2D eigenvalue weighted by Gasteiger charge is 2.20. The molecule has 34 heavy (non-hydrogen) atoms. The molecule has 0 fully saturated rings. The number of hydrogen-bond donors (Lipinski definition) is 0. The Hall–Kier alpha value is -3.36. The molecule has 0 bridgehead atoms. The minimum atomic E-state index is 0.592. The maximum absolute atomic E-state index is 5.11. The van der Waals surface area contributed by atoms with Gasteiger partial charge in [-0.15, -0.1) is 0 Å². The Kier molecular flexibility index (Phi) is 5.27. The monoisotopic (exact) mass is 457 g/mol. The van der Waals surface area contributed by atoms with Crippen LogP contribution < -0.4 is 0 Å². The van der Waals surface area contributed by atoms with Gasteiger partial charge in [0.05, 0.1) is 11.2 Å². The Morgan fingerprint density at radius 1 is 0.706 bits per heavy atom. The standard InChI is InChI=1S/C32H27NS/c1-20(2)16-23-18-30(33-29-15-12-21(3)17-28(23)29)22-13-14-27-25-9-5-4-8-24(25)26-10-6-7-11-31(26)34-32(27)19-22/h4-15,17-20H,16H2,1-3H3. The summed E-state index contributed by atoms with van der Waals surface area (Å²) in [5, 5.41) is 1.28. The maximum Gasteiger partial charge on any atom is 0.0712 e. The molecule has 0 unspecified atom stereocenters. The first-order chi connectivity index (χ1) is 16.6. The van der Waals surface area contributed by atoms with Crippen molar-refractivity contribution >= 4 is 22.7 Å². The molecule has 0 spiro atoms.